The fraction of sp³-hybridized carbons (Fsp3) is 0.312. The first-order valence-electron chi connectivity index (χ1n) is 6.81. The molecule has 0 aromatic heterocycles. The first-order valence-corrected chi connectivity index (χ1v) is 6.81. The molecule has 0 radical (unpaired) electrons. The van der Waals surface area contributed by atoms with Gasteiger partial charge in [0.15, 0.2) is 0 Å². The van der Waals surface area contributed by atoms with Crippen molar-refractivity contribution in [2.24, 2.45) is 5.73 Å². The van der Waals surface area contributed by atoms with E-state index < -0.39 is 0 Å². The molecule has 0 unspecified atom stereocenters. The number of ether oxygens (including phenoxy) is 1. The van der Waals surface area contributed by atoms with Gasteiger partial charge in [0.05, 0.1) is 7.11 Å². The van der Waals surface area contributed by atoms with Gasteiger partial charge in [-0.25, -0.2) is 0 Å². The molecular weight excluding hydrogens is 288 g/mol. The molecule has 1 fully saturated rings. The molecule has 112 valence electrons. The van der Waals surface area contributed by atoms with Gasteiger partial charge in [-0.05, 0) is 23.9 Å². The Kier molecular flexibility index (Phi) is 4.70. The number of carbonyl (C=O) groups excluding carboxylic acids is 1. The van der Waals surface area contributed by atoms with E-state index in [1.54, 1.807) is 7.11 Å². The van der Waals surface area contributed by atoms with E-state index in [-0.39, 0.29) is 24.4 Å². The number of hydrogen-bond acceptors (Lipinski definition) is 3. The normalized spacial score (nSPS) is 17.6. The predicted molar refractivity (Wildman–Crippen MR) is 86.2 cm³/mol. The summed E-state index contributed by atoms with van der Waals surface area (Å²) in [5, 5.41) is 1.89. The Hall–Kier alpha value is -1.78. The van der Waals surface area contributed by atoms with Crippen LogP contribution in [0, 0.1) is 0 Å². The van der Waals surface area contributed by atoms with Gasteiger partial charge in [0, 0.05) is 30.1 Å². The molecule has 0 spiro atoms. The van der Waals surface area contributed by atoms with Crippen molar-refractivity contribution in [2.45, 2.75) is 12.5 Å². The molecule has 2 N–H and O–H groups in total. The number of methoxy groups -OCH3 is 1. The first kappa shape index (κ1) is 15.6. The number of fused-ring (bicyclic) bond motifs is 1. The highest BCUT2D eigenvalue weighted by Gasteiger charge is 2.25. The van der Waals surface area contributed by atoms with Gasteiger partial charge in [0.1, 0.15) is 5.75 Å². The number of hydrogen-bond donors (Lipinski definition) is 1. The van der Waals surface area contributed by atoms with Gasteiger partial charge in [0.2, 0.25) is 0 Å². The molecule has 1 heterocycles. The molecule has 1 atom stereocenters. The van der Waals surface area contributed by atoms with E-state index in [0.717, 1.165) is 35.1 Å². The van der Waals surface area contributed by atoms with E-state index in [1.165, 1.54) is 0 Å². The number of benzene rings is 2. The molecule has 4 nitrogen and oxygen atoms in total. The molecule has 0 saturated carbocycles. The van der Waals surface area contributed by atoms with Crippen LogP contribution in [0.2, 0.25) is 0 Å². The Balaban J connectivity index is 0.00000161. The Morgan fingerprint density at radius 3 is 2.57 bits per heavy atom. The quantitative estimate of drug-likeness (QED) is 0.927. The number of rotatable bonds is 2. The van der Waals surface area contributed by atoms with Gasteiger partial charge in [-0.3, -0.25) is 4.79 Å². The maximum Gasteiger partial charge on any atom is 0.254 e. The summed E-state index contributed by atoms with van der Waals surface area (Å²) in [4.78, 5) is 14.5. The van der Waals surface area contributed by atoms with Gasteiger partial charge in [0.25, 0.3) is 5.91 Å². The molecule has 1 saturated heterocycles. The second kappa shape index (κ2) is 6.33. The van der Waals surface area contributed by atoms with Gasteiger partial charge >= 0.3 is 0 Å². The zero-order valence-electron chi connectivity index (χ0n) is 11.9. The summed E-state index contributed by atoms with van der Waals surface area (Å²) in [6, 6.07) is 11.6. The average molecular weight is 307 g/mol. The van der Waals surface area contributed by atoms with Crippen LogP contribution in [0.3, 0.4) is 0 Å². The first-order chi connectivity index (χ1) is 9.70. The molecule has 3 rings (SSSR count). The van der Waals surface area contributed by atoms with Crippen LogP contribution in [-0.4, -0.2) is 37.0 Å². The smallest absolute Gasteiger partial charge is 0.254 e. The third-order valence-electron chi connectivity index (χ3n) is 3.85. The summed E-state index contributed by atoms with van der Waals surface area (Å²) in [7, 11) is 1.64. The van der Waals surface area contributed by atoms with Crippen LogP contribution in [-0.2, 0) is 0 Å². The van der Waals surface area contributed by atoms with Gasteiger partial charge in [-0.1, -0.05) is 24.3 Å². The van der Waals surface area contributed by atoms with E-state index >= 15 is 0 Å². The topological polar surface area (TPSA) is 55.6 Å². The third kappa shape index (κ3) is 2.82. The molecule has 21 heavy (non-hydrogen) atoms. The van der Waals surface area contributed by atoms with Crippen molar-refractivity contribution in [1.29, 1.82) is 0 Å². The van der Waals surface area contributed by atoms with E-state index in [2.05, 4.69) is 0 Å². The Morgan fingerprint density at radius 1 is 1.24 bits per heavy atom. The van der Waals surface area contributed by atoms with Crippen LogP contribution in [0.15, 0.2) is 36.4 Å². The van der Waals surface area contributed by atoms with E-state index in [1.807, 2.05) is 41.3 Å². The van der Waals surface area contributed by atoms with Gasteiger partial charge < -0.3 is 15.4 Å². The van der Waals surface area contributed by atoms with Gasteiger partial charge in [-0.15, -0.1) is 12.4 Å². The number of carbonyl (C=O) groups is 1. The molecule has 0 aliphatic carbocycles. The minimum atomic E-state index is 0. The maximum atomic E-state index is 12.6. The van der Waals surface area contributed by atoms with Crippen molar-refractivity contribution in [3.63, 3.8) is 0 Å². The van der Waals surface area contributed by atoms with Crippen LogP contribution in [0.25, 0.3) is 10.8 Å². The molecule has 5 heteroatoms. The average Bonchev–Trinajstić information content (AvgIpc) is 2.92. The second-order valence-corrected chi connectivity index (χ2v) is 5.16. The van der Waals surface area contributed by atoms with Crippen molar-refractivity contribution < 1.29 is 9.53 Å². The van der Waals surface area contributed by atoms with Crippen molar-refractivity contribution in [1.82, 2.24) is 4.90 Å². The Morgan fingerprint density at radius 2 is 1.95 bits per heavy atom. The predicted octanol–water partition coefficient (Wildman–Crippen LogP) is 2.44. The fourth-order valence-corrected chi connectivity index (χ4v) is 2.78. The highest BCUT2D eigenvalue weighted by molar-refractivity contribution is 6.08. The van der Waals surface area contributed by atoms with Crippen LogP contribution in [0.5, 0.6) is 5.75 Å². The van der Waals surface area contributed by atoms with E-state index in [4.69, 9.17) is 10.5 Å². The Bertz CT molecular complexity index is 660. The summed E-state index contributed by atoms with van der Waals surface area (Å²) >= 11 is 0. The Labute approximate surface area is 130 Å². The van der Waals surface area contributed by atoms with Crippen LogP contribution < -0.4 is 10.5 Å². The van der Waals surface area contributed by atoms with Crippen LogP contribution in [0.1, 0.15) is 16.8 Å². The number of nitrogens with zero attached hydrogens (tertiary/aromatic N) is 1. The highest BCUT2D eigenvalue weighted by Crippen LogP contribution is 2.29. The third-order valence-corrected chi connectivity index (χ3v) is 3.85. The van der Waals surface area contributed by atoms with E-state index in [0.29, 0.717) is 6.54 Å². The molecule has 0 bridgehead atoms. The van der Waals surface area contributed by atoms with Crippen molar-refractivity contribution in [2.75, 3.05) is 20.2 Å². The van der Waals surface area contributed by atoms with E-state index in [9.17, 15) is 4.79 Å². The molecular formula is C16H19ClN2O2. The lowest BCUT2D eigenvalue weighted by Gasteiger charge is -2.17. The molecule has 2 aromatic rings. The second-order valence-electron chi connectivity index (χ2n) is 5.16. The summed E-state index contributed by atoms with van der Waals surface area (Å²) in [5.74, 6) is 0.840. The highest BCUT2D eigenvalue weighted by atomic mass is 35.5. The standard InChI is InChI=1S/C16H18N2O2.ClH/c1-20-15-7-6-14(12-4-2-3-5-13(12)15)16(19)18-9-8-11(17)10-18;/h2-7,11H,8-10,17H2,1H3;1H/t11-;/m1./s1. The lowest BCUT2D eigenvalue weighted by molar-refractivity contribution is 0.0793. The largest absolute Gasteiger partial charge is 0.496 e. The SMILES string of the molecule is COc1ccc(C(=O)N2CC[C@@H](N)C2)c2ccccc12.Cl. The minimum Gasteiger partial charge on any atom is -0.496 e. The summed E-state index contributed by atoms with van der Waals surface area (Å²) < 4.78 is 5.36. The van der Waals surface area contributed by atoms with Gasteiger partial charge in [-0.2, -0.15) is 0 Å². The van der Waals surface area contributed by atoms with Crippen LogP contribution >= 0.6 is 12.4 Å². The van der Waals surface area contributed by atoms with Crippen molar-refractivity contribution in [3.05, 3.63) is 42.0 Å². The zero-order valence-corrected chi connectivity index (χ0v) is 12.7. The molecule has 1 aliphatic rings. The lowest BCUT2D eigenvalue weighted by atomic mass is 10.0. The minimum absolute atomic E-state index is 0. The summed E-state index contributed by atoms with van der Waals surface area (Å²) in [6.07, 6.45) is 0.875. The zero-order chi connectivity index (χ0) is 14.1. The molecule has 1 amide bonds. The van der Waals surface area contributed by atoms with Crippen molar-refractivity contribution >= 4 is 29.1 Å². The molecule has 1 aliphatic heterocycles. The summed E-state index contributed by atoms with van der Waals surface area (Å²) in [6.45, 7) is 1.37. The number of nitrogens with two attached hydrogens (primary N) is 1. The number of amides is 1. The monoisotopic (exact) mass is 306 g/mol. The van der Waals surface area contributed by atoms with Crippen molar-refractivity contribution in [3.8, 4) is 5.75 Å². The van der Waals surface area contributed by atoms with Crippen LogP contribution in [0.4, 0.5) is 0 Å². The molecule has 2 aromatic carbocycles. The summed E-state index contributed by atoms with van der Waals surface area (Å²) in [5.41, 5.74) is 6.60. The maximum absolute atomic E-state index is 12.6. The number of halogens is 1. The number of likely N-dealkylation sites (tertiary alicyclic amines) is 1. The fourth-order valence-electron chi connectivity index (χ4n) is 2.78. The lowest BCUT2D eigenvalue weighted by Crippen LogP contribution is -2.32.